The average molecular weight is 384 g/mol. The van der Waals surface area contributed by atoms with Gasteiger partial charge in [0.25, 0.3) is 5.91 Å². The molecule has 2 aromatic carbocycles. The summed E-state index contributed by atoms with van der Waals surface area (Å²) in [7, 11) is 3.14. The minimum atomic E-state index is -0.124. The van der Waals surface area contributed by atoms with Gasteiger partial charge >= 0.3 is 0 Å². The molecule has 1 fully saturated rings. The smallest absolute Gasteiger partial charge is 0.251 e. The number of carbonyl (C=O) groups excluding carboxylic acids is 1. The predicted molar refractivity (Wildman–Crippen MR) is 108 cm³/mol. The Morgan fingerprint density at radius 2 is 1.86 bits per heavy atom. The quantitative estimate of drug-likeness (QED) is 0.709. The highest BCUT2D eigenvalue weighted by Gasteiger charge is 2.21. The van der Waals surface area contributed by atoms with Gasteiger partial charge in [0.15, 0.2) is 0 Å². The molecule has 150 valence electrons. The summed E-state index contributed by atoms with van der Waals surface area (Å²) in [6.45, 7) is 4.07. The molecule has 3 rings (SSSR count). The summed E-state index contributed by atoms with van der Waals surface area (Å²) < 4.78 is 16.3. The van der Waals surface area contributed by atoms with Crippen LogP contribution in [0.5, 0.6) is 11.5 Å². The van der Waals surface area contributed by atoms with Gasteiger partial charge in [0, 0.05) is 37.8 Å². The first kappa shape index (κ1) is 20.2. The second-order valence-electron chi connectivity index (χ2n) is 6.78. The lowest BCUT2D eigenvalue weighted by Gasteiger charge is -2.33. The van der Waals surface area contributed by atoms with Crippen molar-refractivity contribution in [2.24, 2.45) is 0 Å². The van der Waals surface area contributed by atoms with Gasteiger partial charge in [-0.15, -0.1) is 0 Å². The van der Waals surface area contributed by atoms with Crippen LogP contribution in [0, 0.1) is 0 Å². The summed E-state index contributed by atoms with van der Waals surface area (Å²) in [6, 6.07) is 15.5. The molecule has 0 saturated carbocycles. The molecule has 28 heavy (non-hydrogen) atoms. The first-order valence-electron chi connectivity index (χ1n) is 9.60. The van der Waals surface area contributed by atoms with Crippen molar-refractivity contribution in [1.82, 2.24) is 10.2 Å². The molecule has 0 spiro atoms. The van der Waals surface area contributed by atoms with Crippen molar-refractivity contribution in [3.8, 4) is 11.5 Å². The number of nitrogens with one attached hydrogen (secondary N) is 1. The van der Waals surface area contributed by atoms with E-state index in [1.165, 1.54) is 5.56 Å². The van der Waals surface area contributed by atoms with Gasteiger partial charge in [-0.3, -0.25) is 9.69 Å². The zero-order valence-corrected chi connectivity index (χ0v) is 16.5. The van der Waals surface area contributed by atoms with Crippen molar-refractivity contribution < 1.29 is 19.0 Å². The molecule has 6 heteroatoms. The van der Waals surface area contributed by atoms with E-state index in [0.717, 1.165) is 32.7 Å². The van der Waals surface area contributed by atoms with Crippen molar-refractivity contribution in [3.05, 3.63) is 59.7 Å². The van der Waals surface area contributed by atoms with Gasteiger partial charge in [0.05, 0.1) is 26.9 Å². The average Bonchev–Trinajstić information content (AvgIpc) is 2.77. The third-order valence-corrected chi connectivity index (χ3v) is 4.87. The van der Waals surface area contributed by atoms with Crippen LogP contribution in [0.4, 0.5) is 0 Å². The summed E-state index contributed by atoms with van der Waals surface area (Å²) in [5.74, 6) is 1.08. The van der Waals surface area contributed by atoms with Crippen LogP contribution in [0.15, 0.2) is 48.5 Å². The van der Waals surface area contributed by atoms with Crippen molar-refractivity contribution in [2.75, 3.05) is 47.0 Å². The van der Waals surface area contributed by atoms with E-state index in [-0.39, 0.29) is 12.0 Å². The van der Waals surface area contributed by atoms with E-state index < -0.39 is 0 Å². The molecule has 1 atom stereocenters. The summed E-state index contributed by atoms with van der Waals surface area (Å²) in [6.07, 6.45) is 1.00. The maximum Gasteiger partial charge on any atom is 0.251 e. The number of hydrogen-bond donors (Lipinski definition) is 1. The fourth-order valence-electron chi connectivity index (χ4n) is 3.32. The fraction of sp³-hybridized carbons (Fsp3) is 0.409. The van der Waals surface area contributed by atoms with Gasteiger partial charge in [0.1, 0.15) is 11.5 Å². The third-order valence-electron chi connectivity index (χ3n) is 4.87. The molecule has 0 aliphatic carbocycles. The van der Waals surface area contributed by atoms with Crippen molar-refractivity contribution in [3.63, 3.8) is 0 Å². The molecule has 1 aliphatic heterocycles. The minimum absolute atomic E-state index is 0.119. The summed E-state index contributed by atoms with van der Waals surface area (Å²) in [5.41, 5.74) is 1.75. The number of hydrogen-bond acceptors (Lipinski definition) is 5. The fourth-order valence-corrected chi connectivity index (χ4v) is 3.32. The Balaban J connectivity index is 1.45. The van der Waals surface area contributed by atoms with E-state index in [4.69, 9.17) is 14.2 Å². The highest BCUT2D eigenvalue weighted by molar-refractivity contribution is 5.95. The second kappa shape index (κ2) is 10.1. The molecule has 0 radical (unpaired) electrons. The number of morpholine rings is 1. The number of carbonyl (C=O) groups is 1. The number of nitrogens with zero attached hydrogens (tertiary/aromatic N) is 1. The van der Waals surface area contributed by atoms with Crippen LogP contribution in [-0.4, -0.2) is 57.8 Å². The maximum atomic E-state index is 12.4. The number of rotatable bonds is 8. The van der Waals surface area contributed by atoms with Crippen molar-refractivity contribution in [1.29, 1.82) is 0 Å². The molecule has 0 unspecified atom stereocenters. The van der Waals surface area contributed by atoms with Crippen LogP contribution in [0.1, 0.15) is 28.4 Å². The van der Waals surface area contributed by atoms with Crippen molar-refractivity contribution in [2.45, 2.75) is 12.5 Å². The molecule has 1 heterocycles. The van der Waals surface area contributed by atoms with Crippen LogP contribution in [0.2, 0.25) is 0 Å². The normalized spacial score (nSPS) is 17.1. The molecule has 2 aromatic rings. The standard InChI is InChI=1S/C22H28N2O4/c1-26-19-13-18(14-20(15-19)27-2)22(25)23-9-6-10-24-11-12-28-21(16-24)17-7-4-3-5-8-17/h3-5,7-8,13-15,21H,6,9-12,16H2,1-2H3,(H,23,25)/t21-/m1/s1. The second-order valence-corrected chi connectivity index (χ2v) is 6.78. The highest BCUT2D eigenvalue weighted by Crippen LogP contribution is 2.23. The third kappa shape index (κ3) is 5.47. The maximum absolute atomic E-state index is 12.4. The Morgan fingerprint density at radius 3 is 2.54 bits per heavy atom. The molecule has 6 nitrogen and oxygen atoms in total. The van der Waals surface area contributed by atoms with E-state index in [1.807, 2.05) is 18.2 Å². The molecule has 1 amide bonds. The molecular weight excluding hydrogens is 356 g/mol. The SMILES string of the molecule is COc1cc(OC)cc(C(=O)NCCCN2CCO[C@@H](c3ccccc3)C2)c1. The first-order valence-corrected chi connectivity index (χ1v) is 9.60. The number of ether oxygens (including phenoxy) is 3. The Morgan fingerprint density at radius 1 is 1.14 bits per heavy atom. The van der Waals surface area contributed by atoms with Gasteiger partial charge in [-0.1, -0.05) is 30.3 Å². The van der Waals surface area contributed by atoms with E-state index >= 15 is 0 Å². The predicted octanol–water partition coefficient (Wildman–Crippen LogP) is 2.90. The lowest BCUT2D eigenvalue weighted by molar-refractivity contribution is -0.0301. The van der Waals surface area contributed by atoms with Gasteiger partial charge in [-0.05, 0) is 24.1 Å². The van der Waals surface area contributed by atoms with Crippen LogP contribution in [-0.2, 0) is 4.74 Å². The molecule has 1 aliphatic rings. The molecule has 1 saturated heterocycles. The number of benzene rings is 2. The van der Waals surface area contributed by atoms with E-state index in [2.05, 4.69) is 22.3 Å². The van der Waals surface area contributed by atoms with Crippen LogP contribution < -0.4 is 14.8 Å². The van der Waals surface area contributed by atoms with E-state index in [0.29, 0.717) is 23.6 Å². The summed E-state index contributed by atoms with van der Waals surface area (Å²) >= 11 is 0. The summed E-state index contributed by atoms with van der Waals surface area (Å²) in [5, 5.41) is 2.98. The van der Waals surface area contributed by atoms with Gasteiger partial charge < -0.3 is 19.5 Å². The largest absolute Gasteiger partial charge is 0.497 e. The molecule has 0 bridgehead atoms. The Bertz CT molecular complexity index is 744. The van der Waals surface area contributed by atoms with E-state index in [1.54, 1.807) is 32.4 Å². The lowest BCUT2D eigenvalue weighted by Crippen LogP contribution is -2.39. The topological polar surface area (TPSA) is 60.0 Å². The Labute approximate surface area is 166 Å². The Kier molecular flexibility index (Phi) is 7.28. The minimum Gasteiger partial charge on any atom is -0.497 e. The molecule has 1 N–H and O–H groups in total. The Hall–Kier alpha value is -2.57. The van der Waals surface area contributed by atoms with Crippen LogP contribution in [0.25, 0.3) is 0 Å². The van der Waals surface area contributed by atoms with Gasteiger partial charge in [-0.2, -0.15) is 0 Å². The van der Waals surface area contributed by atoms with Gasteiger partial charge in [-0.25, -0.2) is 0 Å². The molecular formula is C22H28N2O4. The summed E-state index contributed by atoms with van der Waals surface area (Å²) in [4.78, 5) is 14.8. The number of methoxy groups -OCH3 is 2. The zero-order valence-electron chi connectivity index (χ0n) is 16.5. The van der Waals surface area contributed by atoms with Gasteiger partial charge in [0.2, 0.25) is 0 Å². The monoisotopic (exact) mass is 384 g/mol. The van der Waals surface area contributed by atoms with E-state index in [9.17, 15) is 4.79 Å². The highest BCUT2D eigenvalue weighted by atomic mass is 16.5. The first-order chi connectivity index (χ1) is 13.7. The van der Waals surface area contributed by atoms with Crippen LogP contribution >= 0.6 is 0 Å². The molecule has 0 aromatic heterocycles. The van der Waals surface area contributed by atoms with Crippen molar-refractivity contribution >= 4 is 5.91 Å². The lowest BCUT2D eigenvalue weighted by atomic mass is 10.1. The van der Waals surface area contributed by atoms with Crippen LogP contribution in [0.3, 0.4) is 0 Å². The zero-order chi connectivity index (χ0) is 19.8. The number of amides is 1.